The standard InChI is InChI=1S/C19H23FN2O2S/c1-11(2)9-22-25(23,24)18-7-13-5-6-16(20)19(13)15-10-21-17(8-14(15)18)12-3-4-12/h7-8,10-12,16,22H,3-6,9H2,1-2H3. The topological polar surface area (TPSA) is 59.1 Å². The number of rotatable bonds is 5. The Kier molecular flexibility index (Phi) is 4.07. The number of hydrogen-bond acceptors (Lipinski definition) is 3. The van der Waals surface area contributed by atoms with E-state index in [4.69, 9.17) is 0 Å². The van der Waals surface area contributed by atoms with E-state index in [2.05, 4.69) is 9.71 Å². The van der Waals surface area contributed by atoms with Crippen LogP contribution >= 0.6 is 0 Å². The van der Waals surface area contributed by atoms with Crippen LogP contribution in [0.15, 0.2) is 23.2 Å². The predicted molar refractivity (Wildman–Crippen MR) is 95.9 cm³/mol. The molecule has 1 aromatic carbocycles. The van der Waals surface area contributed by atoms with Gasteiger partial charge in [0, 0.05) is 35.1 Å². The maximum Gasteiger partial charge on any atom is 0.241 e. The lowest BCUT2D eigenvalue weighted by atomic mass is 10.0. The second-order valence-electron chi connectivity index (χ2n) is 7.63. The van der Waals surface area contributed by atoms with E-state index in [1.807, 2.05) is 19.9 Å². The van der Waals surface area contributed by atoms with Crippen molar-refractivity contribution < 1.29 is 12.8 Å². The molecule has 4 nitrogen and oxygen atoms in total. The molecule has 1 saturated carbocycles. The molecule has 2 aromatic rings. The molecule has 1 aromatic heterocycles. The minimum Gasteiger partial charge on any atom is -0.260 e. The molecule has 1 heterocycles. The molecule has 0 radical (unpaired) electrons. The Hall–Kier alpha value is -1.53. The lowest BCUT2D eigenvalue weighted by molar-refractivity contribution is 0.345. The third-order valence-electron chi connectivity index (χ3n) is 5.08. The molecule has 0 aliphatic heterocycles. The highest BCUT2D eigenvalue weighted by Gasteiger charge is 2.31. The first kappa shape index (κ1) is 16.9. The number of alkyl halides is 1. The maximum absolute atomic E-state index is 14.4. The molecule has 0 bridgehead atoms. The van der Waals surface area contributed by atoms with E-state index < -0.39 is 16.2 Å². The van der Waals surface area contributed by atoms with E-state index >= 15 is 0 Å². The number of hydrogen-bond donors (Lipinski definition) is 1. The fourth-order valence-corrected chi connectivity index (χ4v) is 5.02. The second-order valence-corrected chi connectivity index (χ2v) is 9.36. The Morgan fingerprint density at radius 3 is 2.68 bits per heavy atom. The molecule has 4 rings (SSSR count). The molecule has 1 atom stereocenters. The van der Waals surface area contributed by atoms with E-state index in [0.29, 0.717) is 41.6 Å². The van der Waals surface area contributed by atoms with Gasteiger partial charge in [-0.25, -0.2) is 17.5 Å². The Morgan fingerprint density at radius 1 is 1.24 bits per heavy atom. The van der Waals surface area contributed by atoms with Gasteiger partial charge in [0.25, 0.3) is 0 Å². The number of sulfonamides is 1. The predicted octanol–water partition coefficient (Wildman–Crippen LogP) is 4.00. The molecule has 0 amide bonds. The van der Waals surface area contributed by atoms with Crippen molar-refractivity contribution in [1.29, 1.82) is 0 Å². The van der Waals surface area contributed by atoms with Crippen molar-refractivity contribution in [2.75, 3.05) is 6.54 Å². The summed E-state index contributed by atoms with van der Waals surface area (Å²) in [5.74, 6) is 0.632. The van der Waals surface area contributed by atoms with Crippen LogP contribution < -0.4 is 4.72 Å². The Bertz CT molecular complexity index is 936. The van der Waals surface area contributed by atoms with Crippen LogP contribution in [0.2, 0.25) is 0 Å². The van der Waals surface area contributed by atoms with E-state index in [-0.39, 0.29) is 10.8 Å². The van der Waals surface area contributed by atoms with E-state index in [1.165, 1.54) is 0 Å². The van der Waals surface area contributed by atoms with Gasteiger partial charge < -0.3 is 0 Å². The minimum absolute atomic E-state index is 0.217. The van der Waals surface area contributed by atoms with Crippen LogP contribution in [0.3, 0.4) is 0 Å². The van der Waals surface area contributed by atoms with Crippen molar-refractivity contribution in [3.63, 3.8) is 0 Å². The number of benzene rings is 1. The van der Waals surface area contributed by atoms with Gasteiger partial charge >= 0.3 is 0 Å². The van der Waals surface area contributed by atoms with Crippen LogP contribution in [-0.4, -0.2) is 19.9 Å². The first-order chi connectivity index (χ1) is 11.9. The lowest BCUT2D eigenvalue weighted by Gasteiger charge is -2.15. The molecule has 1 unspecified atom stereocenters. The van der Waals surface area contributed by atoms with Gasteiger partial charge in [-0.15, -0.1) is 0 Å². The Labute approximate surface area is 147 Å². The highest BCUT2D eigenvalue weighted by Crippen LogP contribution is 2.44. The molecule has 1 fully saturated rings. The monoisotopic (exact) mass is 362 g/mol. The van der Waals surface area contributed by atoms with E-state index in [1.54, 1.807) is 12.3 Å². The van der Waals surface area contributed by atoms with Crippen LogP contribution in [0.5, 0.6) is 0 Å². The van der Waals surface area contributed by atoms with Crippen molar-refractivity contribution >= 4 is 20.8 Å². The summed E-state index contributed by atoms with van der Waals surface area (Å²) >= 11 is 0. The highest BCUT2D eigenvalue weighted by atomic mass is 32.2. The van der Waals surface area contributed by atoms with E-state index in [9.17, 15) is 12.8 Å². The Morgan fingerprint density at radius 2 is 2.00 bits per heavy atom. The number of aryl methyl sites for hydroxylation is 1. The van der Waals surface area contributed by atoms with Gasteiger partial charge in [-0.3, -0.25) is 4.98 Å². The van der Waals surface area contributed by atoms with Crippen molar-refractivity contribution in [3.8, 4) is 0 Å². The molecule has 0 saturated heterocycles. The Balaban J connectivity index is 1.92. The van der Waals surface area contributed by atoms with Crippen molar-refractivity contribution in [2.45, 2.75) is 56.5 Å². The fraction of sp³-hybridized carbons (Fsp3) is 0.526. The number of aromatic nitrogens is 1. The fourth-order valence-electron chi connectivity index (χ4n) is 3.56. The summed E-state index contributed by atoms with van der Waals surface area (Å²) in [6.07, 6.45) is 3.81. The van der Waals surface area contributed by atoms with Gasteiger partial charge in [-0.05, 0) is 54.9 Å². The van der Waals surface area contributed by atoms with Crippen LogP contribution in [0.4, 0.5) is 4.39 Å². The SMILES string of the molecule is CC(C)CNS(=O)(=O)c1cc2c(c3cnc(C4CC4)cc13)C(F)CC2. The summed E-state index contributed by atoms with van der Waals surface area (Å²) in [5.41, 5.74) is 2.35. The zero-order valence-electron chi connectivity index (χ0n) is 14.5. The van der Waals surface area contributed by atoms with Crippen LogP contribution in [0.1, 0.15) is 62.0 Å². The third kappa shape index (κ3) is 3.06. The summed E-state index contributed by atoms with van der Waals surface area (Å²) in [7, 11) is -3.64. The summed E-state index contributed by atoms with van der Waals surface area (Å²) in [6, 6.07) is 3.54. The summed E-state index contributed by atoms with van der Waals surface area (Å²) < 4.78 is 42.9. The smallest absolute Gasteiger partial charge is 0.241 e. The molecule has 1 N–H and O–H groups in total. The minimum atomic E-state index is -3.64. The largest absolute Gasteiger partial charge is 0.260 e. The molecule has 2 aliphatic carbocycles. The average molecular weight is 362 g/mol. The third-order valence-corrected chi connectivity index (χ3v) is 6.54. The number of halogens is 1. The molecular formula is C19H23FN2O2S. The van der Waals surface area contributed by atoms with Crippen LogP contribution in [0.25, 0.3) is 10.8 Å². The summed E-state index contributed by atoms with van der Waals surface area (Å²) in [4.78, 5) is 4.76. The van der Waals surface area contributed by atoms with Gasteiger partial charge in [0.05, 0.1) is 4.90 Å². The average Bonchev–Trinajstić information content (AvgIpc) is 3.35. The zero-order chi connectivity index (χ0) is 17.8. The number of pyridine rings is 1. The lowest BCUT2D eigenvalue weighted by Crippen LogP contribution is -2.28. The highest BCUT2D eigenvalue weighted by molar-refractivity contribution is 7.89. The molecule has 2 aliphatic rings. The molecule has 6 heteroatoms. The van der Waals surface area contributed by atoms with Crippen molar-refractivity contribution in [2.24, 2.45) is 5.92 Å². The molecule has 0 spiro atoms. The van der Waals surface area contributed by atoms with Crippen molar-refractivity contribution in [3.05, 3.63) is 35.2 Å². The van der Waals surface area contributed by atoms with Crippen LogP contribution in [-0.2, 0) is 16.4 Å². The number of fused-ring (bicyclic) bond motifs is 3. The number of nitrogens with one attached hydrogen (secondary N) is 1. The van der Waals surface area contributed by atoms with Gasteiger partial charge in [0.15, 0.2) is 0 Å². The van der Waals surface area contributed by atoms with Crippen LogP contribution in [0, 0.1) is 5.92 Å². The molecule has 134 valence electrons. The first-order valence-corrected chi connectivity index (χ1v) is 10.4. The maximum atomic E-state index is 14.4. The van der Waals surface area contributed by atoms with Gasteiger partial charge in [-0.1, -0.05) is 13.8 Å². The summed E-state index contributed by atoms with van der Waals surface area (Å²) in [5, 5.41) is 1.26. The number of nitrogens with zero attached hydrogens (tertiary/aromatic N) is 1. The summed E-state index contributed by atoms with van der Waals surface area (Å²) in [6.45, 7) is 4.31. The van der Waals surface area contributed by atoms with E-state index in [0.717, 1.165) is 24.1 Å². The normalized spacial score (nSPS) is 20.4. The quantitative estimate of drug-likeness (QED) is 0.874. The van der Waals surface area contributed by atoms with Gasteiger partial charge in [0.2, 0.25) is 10.0 Å². The molecular weight excluding hydrogens is 339 g/mol. The van der Waals surface area contributed by atoms with Gasteiger partial charge in [-0.2, -0.15) is 0 Å². The van der Waals surface area contributed by atoms with Gasteiger partial charge in [0.1, 0.15) is 6.17 Å². The molecule has 25 heavy (non-hydrogen) atoms. The van der Waals surface area contributed by atoms with Crippen molar-refractivity contribution in [1.82, 2.24) is 9.71 Å². The second kappa shape index (κ2) is 6.02. The zero-order valence-corrected chi connectivity index (χ0v) is 15.4. The first-order valence-electron chi connectivity index (χ1n) is 8.96.